The molecule has 0 saturated carbocycles. The van der Waals surface area contributed by atoms with Crippen molar-refractivity contribution < 1.29 is 0 Å². The number of halogens is 1. The molecule has 0 aliphatic rings. The fourth-order valence-corrected chi connectivity index (χ4v) is 1.57. The molecule has 0 atom stereocenters. The third-order valence-electron chi connectivity index (χ3n) is 1.45. The Balaban J connectivity index is 2.96. The van der Waals surface area contributed by atoms with E-state index in [0.717, 1.165) is 15.9 Å². The number of hydrogen-bond acceptors (Lipinski definition) is 1. The van der Waals surface area contributed by atoms with Gasteiger partial charge in [0.25, 0.3) is 0 Å². The summed E-state index contributed by atoms with van der Waals surface area (Å²) in [5, 5.41) is 5.00. The first-order chi connectivity index (χ1) is 5.61. The summed E-state index contributed by atoms with van der Waals surface area (Å²) < 4.78 is 0. The van der Waals surface area contributed by atoms with Crippen molar-refractivity contribution in [1.82, 2.24) is 0 Å². The Labute approximate surface area is 81.6 Å². The smallest absolute Gasteiger partial charge is 0.0741 e. The fraction of sp³-hybridized carbons (Fsp3) is 0.333. The van der Waals surface area contributed by atoms with E-state index in [-0.39, 0.29) is 0 Å². The molecule has 1 rings (SSSR count). The molecule has 1 N–H and O–H groups in total. The molecule has 0 aliphatic carbocycles. The van der Waals surface area contributed by atoms with Crippen LogP contribution in [0.3, 0.4) is 0 Å². The highest BCUT2D eigenvalue weighted by molar-refractivity contribution is 6.41. The number of nitrogens with one attached hydrogen (secondary N) is 1. The molecule has 1 aromatic carbocycles. The zero-order valence-electron chi connectivity index (χ0n) is 7.19. The molecular weight excluding hydrogens is 186 g/mol. The standard InChI is InChI=1S/C9H11ClNSi/c1-6(2)11-9-7(10)4-3-5-8(9)12/h3-6,11H,1-2H3. The molecule has 1 aromatic rings. The topological polar surface area (TPSA) is 12.0 Å². The van der Waals surface area contributed by atoms with Gasteiger partial charge in [-0.25, -0.2) is 0 Å². The molecule has 3 heteroatoms. The maximum Gasteiger partial charge on any atom is 0.0741 e. The van der Waals surface area contributed by atoms with Gasteiger partial charge in [0.05, 0.1) is 21.0 Å². The summed E-state index contributed by atoms with van der Waals surface area (Å²) in [5.74, 6) is 0. The molecule has 0 saturated heterocycles. The van der Waals surface area contributed by atoms with Crippen molar-refractivity contribution in [3.05, 3.63) is 23.2 Å². The summed E-state index contributed by atoms with van der Waals surface area (Å²) in [5.41, 5.74) is 0.964. The van der Waals surface area contributed by atoms with Crippen LogP contribution in [-0.2, 0) is 0 Å². The van der Waals surface area contributed by atoms with Crippen LogP contribution in [0.1, 0.15) is 13.8 Å². The van der Waals surface area contributed by atoms with Gasteiger partial charge in [-0.15, -0.1) is 0 Å². The van der Waals surface area contributed by atoms with Gasteiger partial charge >= 0.3 is 0 Å². The summed E-state index contributed by atoms with van der Waals surface area (Å²) in [4.78, 5) is 0. The highest BCUT2D eigenvalue weighted by Gasteiger charge is 2.03. The average molecular weight is 197 g/mol. The van der Waals surface area contributed by atoms with Crippen molar-refractivity contribution in [2.24, 2.45) is 0 Å². The van der Waals surface area contributed by atoms with Crippen LogP contribution in [0.4, 0.5) is 5.69 Å². The van der Waals surface area contributed by atoms with Gasteiger partial charge in [-0.05, 0) is 25.1 Å². The van der Waals surface area contributed by atoms with Crippen LogP contribution in [0.15, 0.2) is 18.2 Å². The minimum Gasteiger partial charge on any atom is -0.382 e. The fourth-order valence-electron chi connectivity index (χ4n) is 0.960. The zero-order valence-corrected chi connectivity index (χ0v) is 8.94. The van der Waals surface area contributed by atoms with Gasteiger partial charge in [-0.2, -0.15) is 0 Å². The Kier molecular flexibility index (Phi) is 3.17. The molecule has 0 heterocycles. The van der Waals surface area contributed by atoms with Crippen LogP contribution in [0, 0.1) is 0 Å². The summed E-state index contributed by atoms with van der Waals surface area (Å²) in [7, 11) is 3.48. The average Bonchev–Trinajstić information content (AvgIpc) is 1.97. The van der Waals surface area contributed by atoms with Gasteiger partial charge in [0, 0.05) is 6.04 Å². The highest BCUT2D eigenvalue weighted by Crippen LogP contribution is 2.18. The van der Waals surface area contributed by atoms with Crippen LogP contribution in [-0.4, -0.2) is 16.3 Å². The summed E-state index contributed by atoms with van der Waals surface area (Å²) >= 11 is 5.98. The second-order valence-corrected chi connectivity index (χ2v) is 3.91. The van der Waals surface area contributed by atoms with Crippen LogP contribution >= 0.6 is 11.6 Å². The lowest BCUT2D eigenvalue weighted by Crippen LogP contribution is -2.18. The molecule has 0 spiro atoms. The minimum absolute atomic E-state index is 0.389. The number of rotatable bonds is 2. The lowest BCUT2D eigenvalue weighted by Gasteiger charge is -2.13. The third kappa shape index (κ3) is 2.25. The predicted molar refractivity (Wildman–Crippen MR) is 55.6 cm³/mol. The molecule has 0 amide bonds. The van der Waals surface area contributed by atoms with Crippen molar-refractivity contribution in [2.75, 3.05) is 5.32 Å². The van der Waals surface area contributed by atoms with Gasteiger partial charge in [-0.3, -0.25) is 0 Å². The van der Waals surface area contributed by atoms with E-state index in [1.807, 2.05) is 18.2 Å². The normalized spacial score (nSPS) is 10.4. The van der Waals surface area contributed by atoms with Crippen LogP contribution < -0.4 is 10.5 Å². The first-order valence-electron chi connectivity index (χ1n) is 3.88. The van der Waals surface area contributed by atoms with Gasteiger partial charge < -0.3 is 5.32 Å². The Morgan fingerprint density at radius 3 is 2.58 bits per heavy atom. The summed E-state index contributed by atoms with van der Waals surface area (Å²) in [6.45, 7) is 4.16. The maximum absolute atomic E-state index is 5.98. The van der Waals surface area contributed by atoms with E-state index in [1.165, 1.54) is 0 Å². The van der Waals surface area contributed by atoms with E-state index in [4.69, 9.17) is 11.6 Å². The number of anilines is 1. The molecule has 0 aliphatic heterocycles. The van der Waals surface area contributed by atoms with E-state index >= 15 is 0 Å². The molecule has 0 bridgehead atoms. The van der Waals surface area contributed by atoms with E-state index in [2.05, 4.69) is 29.4 Å². The quantitative estimate of drug-likeness (QED) is 0.714. The van der Waals surface area contributed by atoms with Crippen molar-refractivity contribution in [3.8, 4) is 0 Å². The first kappa shape index (κ1) is 9.61. The lowest BCUT2D eigenvalue weighted by molar-refractivity contribution is 0.901. The largest absolute Gasteiger partial charge is 0.382 e. The monoisotopic (exact) mass is 196 g/mol. The van der Waals surface area contributed by atoms with E-state index < -0.39 is 0 Å². The third-order valence-corrected chi connectivity index (χ3v) is 2.18. The zero-order chi connectivity index (χ0) is 9.14. The number of benzene rings is 1. The molecule has 12 heavy (non-hydrogen) atoms. The Hall–Kier alpha value is -0.473. The SMILES string of the molecule is CC(C)Nc1c([Si])cccc1Cl. The number of para-hydroxylation sites is 1. The van der Waals surface area contributed by atoms with Gasteiger partial charge in [-0.1, -0.05) is 23.7 Å². The molecule has 63 valence electrons. The second kappa shape index (κ2) is 3.96. The Morgan fingerprint density at radius 2 is 2.08 bits per heavy atom. The molecule has 3 radical (unpaired) electrons. The minimum atomic E-state index is 0.389. The molecule has 0 unspecified atom stereocenters. The van der Waals surface area contributed by atoms with Gasteiger partial charge in [0.1, 0.15) is 0 Å². The van der Waals surface area contributed by atoms with Crippen molar-refractivity contribution in [3.63, 3.8) is 0 Å². The predicted octanol–water partition coefficient (Wildman–Crippen LogP) is 1.95. The van der Waals surface area contributed by atoms with E-state index in [1.54, 1.807) is 0 Å². The number of hydrogen-bond donors (Lipinski definition) is 1. The molecule has 0 aromatic heterocycles. The van der Waals surface area contributed by atoms with E-state index in [9.17, 15) is 0 Å². The second-order valence-electron chi connectivity index (χ2n) is 2.96. The summed E-state index contributed by atoms with van der Waals surface area (Å²) in [6.07, 6.45) is 0. The maximum atomic E-state index is 5.98. The molecule has 0 fully saturated rings. The Morgan fingerprint density at radius 1 is 1.42 bits per heavy atom. The highest BCUT2D eigenvalue weighted by atomic mass is 35.5. The summed E-state index contributed by atoms with van der Waals surface area (Å²) in [6, 6.07) is 6.14. The molecule has 1 nitrogen and oxygen atoms in total. The Bertz CT molecular complexity index is 253. The van der Waals surface area contributed by atoms with E-state index in [0.29, 0.717) is 6.04 Å². The van der Waals surface area contributed by atoms with Crippen LogP contribution in [0.2, 0.25) is 5.02 Å². The van der Waals surface area contributed by atoms with Crippen LogP contribution in [0.5, 0.6) is 0 Å². The van der Waals surface area contributed by atoms with Gasteiger partial charge in [0.2, 0.25) is 0 Å². The first-order valence-corrected chi connectivity index (χ1v) is 4.75. The van der Waals surface area contributed by atoms with Crippen molar-refractivity contribution in [1.29, 1.82) is 0 Å². The van der Waals surface area contributed by atoms with Crippen molar-refractivity contribution >= 4 is 32.7 Å². The lowest BCUT2D eigenvalue weighted by atomic mass is 10.3. The van der Waals surface area contributed by atoms with Crippen LogP contribution in [0.25, 0.3) is 0 Å². The van der Waals surface area contributed by atoms with Crippen molar-refractivity contribution in [2.45, 2.75) is 19.9 Å². The van der Waals surface area contributed by atoms with Gasteiger partial charge in [0.15, 0.2) is 0 Å². The molecular formula is C9H11ClNSi.